The Hall–Kier alpha value is 0.137. The molecule has 0 heterocycles. The molecule has 0 fully saturated rings. The normalized spacial score (nSPS) is 10.5. The maximum atomic E-state index is 5.16. The smallest absolute Gasteiger partial charge is 0.0340 e. The van der Waals surface area contributed by atoms with Crippen molar-refractivity contribution in [3.05, 3.63) is 0 Å². The van der Waals surface area contributed by atoms with Crippen LogP contribution >= 0.6 is 0 Å². The summed E-state index contributed by atoms with van der Waals surface area (Å²) in [6, 6.07) is 0. The molecule has 0 atom stereocenters. The lowest BCUT2D eigenvalue weighted by molar-refractivity contribution is 0.219. The highest BCUT2D eigenvalue weighted by atomic mass is 28.3. The molecule has 0 saturated heterocycles. The summed E-state index contributed by atoms with van der Waals surface area (Å²) < 4.78 is 10.3. The lowest BCUT2D eigenvalue weighted by Gasteiger charge is -2.24. The Morgan fingerprint density at radius 3 is 1.75 bits per heavy atom. The van der Waals surface area contributed by atoms with E-state index in [1.54, 1.807) is 0 Å². The second-order valence-corrected chi connectivity index (χ2v) is 2.92. The van der Waals surface area contributed by atoms with Gasteiger partial charge in [-0.25, -0.2) is 0 Å². The molecule has 0 unspecified atom stereocenters. The maximum Gasteiger partial charge on any atom is 0.0340 e. The molecule has 0 aromatic carbocycles. The van der Waals surface area contributed by atoms with Gasteiger partial charge < -0.3 is 8.85 Å². The second-order valence-electron chi connectivity index (χ2n) is 1.36. The second kappa shape index (κ2) is 5.28. The molecular formula is C5H13O2Si-. The maximum absolute atomic E-state index is 5.16. The topological polar surface area (TPSA) is 18.5 Å². The first-order valence-electron chi connectivity index (χ1n) is 2.90. The molecule has 0 aliphatic heterocycles. The Kier molecular flexibility index (Phi) is 5.37. The van der Waals surface area contributed by atoms with E-state index in [0.717, 1.165) is 13.2 Å². The van der Waals surface area contributed by atoms with Crippen molar-refractivity contribution in [1.82, 2.24) is 0 Å². The number of rotatable bonds is 4. The molecule has 50 valence electrons. The molecule has 0 rings (SSSR count). The monoisotopic (exact) mass is 133 g/mol. The predicted molar refractivity (Wildman–Crippen MR) is 34.9 cm³/mol. The minimum absolute atomic E-state index is 0.769. The Labute approximate surface area is 52.7 Å². The van der Waals surface area contributed by atoms with E-state index in [9.17, 15) is 0 Å². The first-order chi connectivity index (χ1) is 3.81. The standard InChI is InChI=1S/C5H13O2Si/c1-4-6-8(3)7-5-2/h4-5H2,1-3H3/q-1. The third-order valence-corrected chi connectivity index (χ3v) is 2.09. The van der Waals surface area contributed by atoms with Crippen molar-refractivity contribution in [2.75, 3.05) is 13.2 Å². The van der Waals surface area contributed by atoms with E-state index < -0.39 is 9.28 Å². The summed E-state index contributed by atoms with van der Waals surface area (Å²) in [5, 5.41) is 0. The zero-order chi connectivity index (χ0) is 6.41. The molecule has 0 saturated carbocycles. The lowest BCUT2D eigenvalue weighted by atomic mass is 10.9. The summed E-state index contributed by atoms with van der Waals surface area (Å²) in [6.07, 6.45) is 0. The predicted octanol–water partition coefficient (Wildman–Crippen LogP) is 1.18. The Morgan fingerprint density at radius 1 is 1.12 bits per heavy atom. The third kappa shape index (κ3) is 4.30. The van der Waals surface area contributed by atoms with Crippen LogP contribution in [0.2, 0.25) is 6.55 Å². The Bertz CT molecular complexity index is 43.7. The van der Waals surface area contributed by atoms with Gasteiger partial charge in [0.05, 0.1) is 0 Å². The van der Waals surface area contributed by atoms with E-state index in [2.05, 4.69) is 0 Å². The van der Waals surface area contributed by atoms with E-state index in [1.807, 2.05) is 20.4 Å². The van der Waals surface area contributed by atoms with Crippen LogP contribution in [0.3, 0.4) is 0 Å². The van der Waals surface area contributed by atoms with Gasteiger partial charge in [0.25, 0.3) is 0 Å². The fourth-order valence-electron chi connectivity index (χ4n) is 0.448. The highest BCUT2D eigenvalue weighted by Crippen LogP contribution is 1.85. The van der Waals surface area contributed by atoms with E-state index in [0.29, 0.717) is 0 Å². The summed E-state index contributed by atoms with van der Waals surface area (Å²) in [5.41, 5.74) is 0. The molecule has 0 spiro atoms. The molecule has 0 aromatic rings. The van der Waals surface area contributed by atoms with E-state index in [4.69, 9.17) is 8.85 Å². The van der Waals surface area contributed by atoms with Gasteiger partial charge in [0.15, 0.2) is 0 Å². The van der Waals surface area contributed by atoms with Gasteiger partial charge in [-0.3, -0.25) is 0 Å². The van der Waals surface area contributed by atoms with Gasteiger partial charge in [0, 0.05) is 22.5 Å². The average Bonchev–Trinajstić information content (AvgIpc) is 1.68. The zero-order valence-electron chi connectivity index (χ0n) is 5.73. The average molecular weight is 133 g/mol. The van der Waals surface area contributed by atoms with Crippen molar-refractivity contribution in [2.45, 2.75) is 20.4 Å². The fourth-order valence-corrected chi connectivity index (χ4v) is 1.34. The van der Waals surface area contributed by atoms with Crippen molar-refractivity contribution >= 4 is 9.28 Å². The van der Waals surface area contributed by atoms with Gasteiger partial charge in [-0.1, -0.05) is 0 Å². The molecule has 3 heteroatoms. The van der Waals surface area contributed by atoms with Gasteiger partial charge in [-0.05, 0) is 13.8 Å². The van der Waals surface area contributed by atoms with Crippen molar-refractivity contribution < 1.29 is 8.85 Å². The van der Waals surface area contributed by atoms with Gasteiger partial charge in [-0.15, -0.1) is 6.55 Å². The van der Waals surface area contributed by atoms with Crippen molar-refractivity contribution in [3.8, 4) is 0 Å². The van der Waals surface area contributed by atoms with Gasteiger partial charge >= 0.3 is 0 Å². The molecule has 0 aliphatic rings. The first kappa shape index (κ1) is 8.14. The molecule has 0 amide bonds. The fraction of sp³-hybridized carbons (Fsp3) is 1.00. The van der Waals surface area contributed by atoms with Crippen LogP contribution in [0.15, 0.2) is 0 Å². The minimum Gasteiger partial charge on any atom is -0.563 e. The van der Waals surface area contributed by atoms with Crippen LogP contribution in [-0.4, -0.2) is 22.5 Å². The summed E-state index contributed by atoms with van der Waals surface area (Å²) in [4.78, 5) is 0. The molecule has 0 bridgehead atoms. The Balaban J connectivity index is 2.92. The molecule has 0 radical (unpaired) electrons. The van der Waals surface area contributed by atoms with E-state index >= 15 is 0 Å². The van der Waals surface area contributed by atoms with Crippen LogP contribution in [0.25, 0.3) is 0 Å². The van der Waals surface area contributed by atoms with E-state index in [-0.39, 0.29) is 0 Å². The summed E-state index contributed by atoms with van der Waals surface area (Å²) >= 11 is 0. The van der Waals surface area contributed by atoms with Gasteiger partial charge in [0.2, 0.25) is 0 Å². The SMILES string of the molecule is CCO[Si-](C)OCC. The van der Waals surface area contributed by atoms with Crippen molar-refractivity contribution in [3.63, 3.8) is 0 Å². The van der Waals surface area contributed by atoms with Crippen LogP contribution in [0.5, 0.6) is 0 Å². The van der Waals surface area contributed by atoms with E-state index in [1.165, 1.54) is 0 Å². The first-order valence-corrected chi connectivity index (χ1v) is 4.72. The van der Waals surface area contributed by atoms with Crippen LogP contribution in [0.4, 0.5) is 0 Å². The number of hydrogen-bond donors (Lipinski definition) is 0. The summed E-state index contributed by atoms with van der Waals surface area (Å²) in [5.74, 6) is 0. The lowest BCUT2D eigenvalue weighted by Crippen LogP contribution is -2.17. The quantitative estimate of drug-likeness (QED) is 0.536. The molecular weight excluding hydrogens is 120 g/mol. The molecule has 0 aromatic heterocycles. The van der Waals surface area contributed by atoms with Crippen LogP contribution < -0.4 is 0 Å². The summed E-state index contributed by atoms with van der Waals surface area (Å²) in [6.45, 7) is 7.49. The van der Waals surface area contributed by atoms with Gasteiger partial charge in [0.1, 0.15) is 0 Å². The largest absolute Gasteiger partial charge is 0.563 e. The zero-order valence-corrected chi connectivity index (χ0v) is 6.73. The Morgan fingerprint density at radius 2 is 1.50 bits per heavy atom. The molecule has 8 heavy (non-hydrogen) atoms. The molecule has 0 N–H and O–H groups in total. The molecule has 2 nitrogen and oxygen atoms in total. The van der Waals surface area contributed by atoms with Crippen molar-refractivity contribution in [2.24, 2.45) is 0 Å². The highest BCUT2D eigenvalue weighted by Gasteiger charge is 1.81. The van der Waals surface area contributed by atoms with Crippen LogP contribution in [0.1, 0.15) is 13.8 Å². The van der Waals surface area contributed by atoms with Crippen LogP contribution in [0, 0.1) is 0 Å². The minimum atomic E-state index is -0.891. The highest BCUT2D eigenvalue weighted by molar-refractivity contribution is 6.42. The summed E-state index contributed by atoms with van der Waals surface area (Å²) in [7, 11) is -0.891. The third-order valence-electron chi connectivity index (χ3n) is 0.695. The van der Waals surface area contributed by atoms with Crippen molar-refractivity contribution in [1.29, 1.82) is 0 Å². The molecule has 0 aliphatic carbocycles. The van der Waals surface area contributed by atoms with Gasteiger partial charge in [-0.2, -0.15) is 0 Å². The number of hydrogen-bond acceptors (Lipinski definition) is 2. The van der Waals surface area contributed by atoms with Crippen LogP contribution in [-0.2, 0) is 8.85 Å².